The first kappa shape index (κ1) is 19.0. The minimum Gasteiger partial charge on any atom is -0.394 e. The number of aliphatic hydroxyl groups is 1. The quantitative estimate of drug-likeness (QED) is 0.691. The van der Waals surface area contributed by atoms with Crippen LogP contribution in [0.5, 0.6) is 0 Å². The molecule has 3 aromatic rings. The molecule has 30 heavy (non-hydrogen) atoms. The number of carbonyl (C=O) groups excluding carboxylic acids is 1. The van der Waals surface area contributed by atoms with Gasteiger partial charge in [0.25, 0.3) is 5.91 Å². The average Bonchev–Trinajstić information content (AvgIpc) is 3.44. The van der Waals surface area contributed by atoms with Crippen molar-refractivity contribution in [2.75, 3.05) is 19.8 Å². The van der Waals surface area contributed by atoms with Gasteiger partial charge in [-0.2, -0.15) is 0 Å². The first-order valence-corrected chi connectivity index (χ1v) is 10.3. The van der Waals surface area contributed by atoms with Gasteiger partial charge in [0.2, 0.25) is 0 Å². The third-order valence-corrected chi connectivity index (χ3v) is 6.03. The zero-order valence-corrected chi connectivity index (χ0v) is 16.6. The van der Waals surface area contributed by atoms with Crippen molar-refractivity contribution in [1.29, 1.82) is 0 Å². The molecular weight excluding hydrogens is 376 g/mol. The molecule has 3 aromatic carbocycles. The Labute approximate surface area is 175 Å². The van der Waals surface area contributed by atoms with Crippen LogP contribution in [0.2, 0.25) is 0 Å². The number of hydroxylamine groups is 2. The molecule has 0 unspecified atom stereocenters. The van der Waals surface area contributed by atoms with Gasteiger partial charge in [-0.05, 0) is 34.2 Å². The van der Waals surface area contributed by atoms with Crippen LogP contribution in [0, 0.1) is 0 Å². The second kappa shape index (κ2) is 7.69. The average molecular weight is 400 g/mol. The number of rotatable bonds is 5. The normalized spacial score (nSPS) is 17.4. The summed E-state index contributed by atoms with van der Waals surface area (Å²) in [5.41, 5.74) is 4.68. The van der Waals surface area contributed by atoms with Gasteiger partial charge in [-0.15, -0.1) is 0 Å². The molecule has 152 valence electrons. The molecule has 0 spiro atoms. The van der Waals surface area contributed by atoms with Crippen LogP contribution in [0.25, 0.3) is 11.1 Å². The lowest BCUT2D eigenvalue weighted by Crippen LogP contribution is -2.56. The zero-order chi connectivity index (χ0) is 20.6. The van der Waals surface area contributed by atoms with E-state index in [9.17, 15) is 9.90 Å². The lowest BCUT2D eigenvalue weighted by Gasteiger charge is -2.37. The third kappa shape index (κ3) is 2.86. The molecule has 5 heteroatoms. The summed E-state index contributed by atoms with van der Waals surface area (Å²) < 4.78 is 0. The minimum atomic E-state index is -0.803. The maximum atomic E-state index is 13.1. The molecule has 2 aliphatic rings. The molecule has 0 saturated carbocycles. The second-order valence-corrected chi connectivity index (χ2v) is 7.71. The molecule has 1 saturated heterocycles. The monoisotopic (exact) mass is 400 g/mol. The van der Waals surface area contributed by atoms with Crippen molar-refractivity contribution < 1.29 is 14.7 Å². The van der Waals surface area contributed by atoms with E-state index in [0.717, 1.165) is 34.2 Å². The Balaban J connectivity index is 1.69. The van der Waals surface area contributed by atoms with E-state index in [1.807, 2.05) is 42.5 Å². The number of nitrogens with one attached hydrogen (secondary N) is 1. The topological polar surface area (TPSA) is 61.8 Å². The van der Waals surface area contributed by atoms with Gasteiger partial charge in [-0.1, -0.05) is 78.9 Å². The molecule has 0 radical (unpaired) electrons. The van der Waals surface area contributed by atoms with Crippen LogP contribution < -0.4 is 5.32 Å². The van der Waals surface area contributed by atoms with E-state index in [1.165, 1.54) is 5.06 Å². The van der Waals surface area contributed by atoms with Crippen molar-refractivity contribution in [3.8, 4) is 11.1 Å². The molecule has 1 atom stereocenters. The minimum absolute atomic E-state index is 0.243. The second-order valence-electron chi connectivity index (χ2n) is 7.71. The molecule has 1 fully saturated rings. The Bertz CT molecular complexity index is 1020. The van der Waals surface area contributed by atoms with Gasteiger partial charge in [0, 0.05) is 0 Å². The highest BCUT2D eigenvalue weighted by Gasteiger charge is 2.47. The van der Waals surface area contributed by atoms with Gasteiger partial charge in [-0.3, -0.25) is 14.9 Å². The number of benzene rings is 3. The maximum absolute atomic E-state index is 13.1. The molecule has 5 nitrogen and oxygen atoms in total. The predicted octanol–water partition coefficient (Wildman–Crippen LogP) is 3.07. The number of hydrogen-bond acceptors (Lipinski definition) is 4. The predicted molar refractivity (Wildman–Crippen MR) is 114 cm³/mol. The van der Waals surface area contributed by atoms with Crippen LogP contribution in [0.1, 0.15) is 23.1 Å². The Hall–Kier alpha value is -2.99. The fourth-order valence-corrected chi connectivity index (χ4v) is 4.71. The summed E-state index contributed by atoms with van der Waals surface area (Å²) in [4.78, 5) is 18.6. The van der Waals surface area contributed by atoms with E-state index in [0.29, 0.717) is 13.2 Å². The molecule has 0 aromatic heterocycles. The van der Waals surface area contributed by atoms with Crippen molar-refractivity contribution in [2.45, 2.75) is 18.0 Å². The molecular formula is C25H24N2O3. The smallest absolute Gasteiger partial charge is 0.265 e. The number of fused-ring (bicyclic) bond motifs is 3. The number of aliphatic hydroxyl groups excluding tert-OH is 1. The Morgan fingerprint density at radius 3 is 2.13 bits per heavy atom. The van der Waals surface area contributed by atoms with Gasteiger partial charge < -0.3 is 5.11 Å². The van der Waals surface area contributed by atoms with E-state index >= 15 is 0 Å². The van der Waals surface area contributed by atoms with Crippen molar-refractivity contribution in [3.05, 3.63) is 95.6 Å². The van der Waals surface area contributed by atoms with Crippen LogP contribution in [0.3, 0.4) is 0 Å². The third-order valence-electron chi connectivity index (χ3n) is 6.03. The highest BCUT2D eigenvalue weighted by Crippen LogP contribution is 2.51. The molecule has 1 heterocycles. The van der Waals surface area contributed by atoms with E-state index < -0.39 is 11.6 Å². The Morgan fingerprint density at radius 2 is 1.57 bits per heavy atom. The van der Waals surface area contributed by atoms with Crippen LogP contribution in [-0.2, 0) is 15.2 Å². The Kier molecular flexibility index (Phi) is 4.87. The van der Waals surface area contributed by atoms with Gasteiger partial charge in [-0.25, -0.2) is 5.06 Å². The molecule has 2 N–H and O–H groups in total. The molecule has 1 aliphatic carbocycles. The SMILES string of the molecule is O=C([C@H](CO)NC1(c2ccccc2)c2ccccc2-c2ccccc21)N1CCCO1. The molecule has 0 bridgehead atoms. The van der Waals surface area contributed by atoms with Crippen molar-refractivity contribution in [1.82, 2.24) is 10.4 Å². The molecule has 5 rings (SSSR count). The van der Waals surface area contributed by atoms with E-state index in [1.54, 1.807) is 0 Å². The lowest BCUT2D eigenvalue weighted by molar-refractivity contribution is -0.172. The Morgan fingerprint density at radius 1 is 0.967 bits per heavy atom. The van der Waals surface area contributed by atoms with E-state index in [2.05, 4.69) is 41.7 Å². The molecule has 1 aliphatic heterocycles. The first-order valence-electron chi connectivity index (χ1n) is 10.3. The summed E-state index contributed by atoms with van der Waals surface area (Å²) in [7, 11) is 0. The maximum Gasteiger partial charge on any atom is 0.265 e. The standard InChI is InChI=1S/C25H24N2O3/c28-17-23(24(29)27-15-8-16-30-27)26-25(18-9-2-1-3-10-18)21-13-6-4-11-19(21)20-12-5-7-14-22(20)25/h1-7,9-14,23,26,28H,8,15-17H2/t23-/m0/s1. The van der Waals surface area contributed by atoms with Gasteiger partial charge in [0.05, 0.1) is 25.3 Å². The van der Waals surface area contributed by atoms with Crippen molar-refractivity contribution in [3.63, 3.8) is 0 Å². The number of amides is 1. The van der Waals surface area contributed by atoms with Crippen LogP contribution in [0.15, 0.2) is 78.9 Å². The fraction of sp³-hybridized carbons (Fsp3) is 0.240. The van der Waals surface area contributed by atoms with Crippen LogP contribution in [-0.4, -0.2) is 41.9 Å². The van der Waals surface area contributed by atoms with Gasteiger partial charge in [0.15, 0.2) is 0 Å². The highest BCUT2D eigenvalue weighted by molar-refractivity contribution is 5.85. The van der Waals surface area contributed by atoms with Gasteiger partial charge in [0.1, 0.15) is 6.04 Å². The summed E-state index contributed by atoms with van der Waals surface area (Å²) in [6.07, 6.45) is 0.805. The van der Waals surface area contributed by atoms with E-state index in [-0.39, 0.29) is 12.5 Å². The number of hydrogen-bond donors (Lipinski definition) is 2. The van der Waals surface area contributed by atoms with Crippen LogP contribution in [0.4, 0.5) is 0 Å². The summed E-state index contributed by atoms with van der Waals surface area (Å²) >= 11 is 0. The van der Waals surface area contributed by atoms with E-state index in [4.69, 9.17) is 4.84 Å². The number of nitrogens with zero attached hydrogens (tertiary/aromatic N) is 1. The largest absolute Gasteiger partial charge is 0.394 e. The van der Waals surface area contributed by atoms with Crippen molar-refractivity contribution >= 4 is 5.91 Å². The molecule has 1 amide bonds. The first-order chi connectivity index (χ1) is 14.8. The fourth-order valence-electron chi connectivity index (χ4n) is 4.71. The number of carbonyl (C=O) groups is 1. The van der Waals surface area contributed by atoms with Crippen molar-refractivity contribution in [2.24, 2.45) is 0 Å². The summed E-state index contributed by atoms with van der Waals surface area (Å²) in [6.45, 7) is 0.750. The lowest BCUT2D eigenvalue weighted by atomic mass is 9.80. The zero-order valence-electron chi connectivity index (χ0n) is 16.6. The summed E-state index contributed by atoms with van der Waals surface area (Å²) in [6, 6.07) is 25.8. The van der Waals surface area contributed by atoms with Gasteiger partial charge >= 0.3 is 0 Å². The van der Waals surface area contributed by atoms with Crippen LogP contribution >= 0.6 is 0 Å². The summed E-state index contributed by atoms with van der Waals surface area (Å²) in [5.74, 6) is -0.243. The summed E-state index contributed by atoms with van der Waals surface area (Å²) in [5, 5.41) is 15.1. The highest BCUT2D eigenvalue weighted by atomic mass is 16.7.